The SMILES string of the molecule is NC(=O)c1cc(OCCN2CCCC2)ccc1N. The molecule has 0 spiro atoms. The third kappa shape index (κ3) is 3.13. The number of rotatable bonds is 5. The molecular formula is C13H19N3O2. The molecule has 4 N–H and O–H groups in total. The monoisotopic (exact) mass is 249 g/mol. The molecule has 5 heteroatoms. The average molecular weight is 249 g/mol. The molecule has 0 saturated carbocycles. The van der Waals surface area contributed by atoms with E-state index >= 15 is 0 Å². The Morgan fingerprint density at radius 1 is 1.33 bits per heavy atom. The van der Waals surface area contributed by atoms with Crippen LogP contribution in [0.2, 0.25) is 0 Å². The Morgan fingerprint density at radius 3 is 2.72 bits per heavy atom. The highest BCUT2D eigenvalue weighted by Gasteiger charge is 2.11. The fraction of sp³-hybridized carbons (Fsp3) is 0.462. The molecular weight excluding hydrogens is 230 g/mol. The Bertz CT molecular complexity index is 428. The molecule has 1 aromatic rings. The summed E-state index contributed by atoms with van der Waals surface area (Å²) < 4.78 is 5.61. The van der Waals surface area contributed by atoms with Crippen molar-refractivity contribution in [3.8, 4) is 5.75 Å². The fourth-order valence-corrected chi connectivity index (χ4v) is 2.14. The van der Waals surface area contributed by atoms with Crippen molar-refractivity contribution < 1.29 is 9.53 Å². The molecule has 0 aliphatic carbocycles. The number of primary amides is 1. The van der Waals surface area contributed by atoms with Gasteiger partial charge in [0.15, 0.2) is 0 Å². The normalized spacial score (nSPS) is 15.8. The van der Waals surface area contributed by atoms with Gasteiger partial charge in [-0.1, -0.05) is 0 Å². The lowest BCUT2D eigenvalue weighted by atomic mass is 10.1. The van der Waals surface area contributed by atoms with Gasteiger partial charge in [0.1, 0.15) is 12.4 Å². The fourth-order valence-electron chi connectivity index (χ4n) is 2.14. The maximum Gasteiger partial charge on any atom is 0.250 e. The van der Waals surface area contributed by atoms with E-state index in [9.17, 15) is 4.79 Å². The highest BCUT2D eigenvalue weighted by molar-refractivity contribution is 5.98. The van der Waals surface area contributed by atoms with Gasteiger partial charge in [0.05, 0.1) is 5.56 Å². The van der Waals surface area contributed by atoms with Crippen LogP contribution in [0.4, 0.5) is 5.69 Å². The van der Waals surface area contributed by atoms with Gasteiger partial charge in [-0.15, -0.1) is 0 Å². The number of anilines is 1. The van der Waals surface area contributed by atoms with E-state index in [4.69, 9.17) is 16.2 Å². The summed E-state index contributed by atoms with van der Waals surface area (Å²) in [6.07, 6.45) is 2.54. The number of nitrogens with zero attached hydrogens (tertiary/aromatic N) is 1. The Morgan fingerprint density at radius 2 is 2.06 bits per heavy atom. The molecule has 1 amide bonds. The molecule has 1 aromatic carbocycles. The Labute approximate surface area is 107 Å². The molecule has 5 nitrogen and oxygen atoms in total. The van der Waals surface area contributed by atoms with Crippen LogP contribution >= 0.6 is 0 Å². The van der Waals surface area contributed by atoms with Crippen LogP contribution in [0.5, 0.6) is 5.75 Å². The quantitative estimate of drug-likeness (QED) is 0.758. The predicted octanol–water partition coefficient (Wildman–Crippen LogP) is 0.842. The van der Waals surface area contributed by atoms with Crippen LogP contribution in [-0.2, 0) is 0 Å². The largest absolute Gasteiger partial charge is 0.492 e. The number of carbonyl (C=O) groups excluding carboxylic acids is 1. The van der Waals surface area contributed by atoms with Crippen molar-refractivity contribution in [2.75, 3.05) is 32.0 Å². The smallest absolute Gasteiger partial charge is 0.250 e. The summed E-state index contributed by atoms with van der Waals surface area (Å²) in [5.41, 5.74) is 11.6. The van der Waals surface area contributed by atoms with Gasteiger partial charge in [0.2, 0.25) is 0 Å². The van der Waals surface area contributed by atoms with E-state index in [1.54, 1.807) is 18.2 Å². The van der Waals surface area contributed by atoms with Crippen LogP contribution in [0.1, 0.15) is 23.2 Å². The van der Waals surface area contributed by atoms with Crippen molar-refractivity contribution in [2.45, 2.75) is 12.8 Å². The summed E-state index contributed by atoms with van der Waals surface area (Å²) >= 11 is 0. The van der Waals surface area contributed by atoms with E-state index < -0.39 is 5.91 Å². The summed E-state index contributed by atoms with van der Waals surface area (Å²) in [5, 5.41) is 0. The molecule has 1 aliphatic heterocycles. The minimum absolute atomic E-state index is 0.314. The van der Waals surface area contributed by atoms with Gasteiger partial charge < -0.3 is 16.2 Å². The number of carbonyl (C=O) groups is 1. The second-order valence-corrected chi connectivity index (χ2v) is 4.51. The van der Waals surface area contributed by atoms with Crippen LogP contribution in [0.3, 0.4) is 0 Å². The molecule has 1 aliphatic rings. The highest BCUT2D eigenvalue weighted by atomic mass is 16.5. The summed E-state index contributed by atoms with van der Waals surface area (Å²) in [4.78, 5) is 13.5. The van der Waals surface area contributed by atoms with Crippen molar-refractivity contribution in [3.63, 3.8) is 0 Å². The summed E-state index contributed by atoms with van der Waals surface area (Å²) in [5.74, 6) is 0.106. The van der Waals surface area contributed by atoms with Crippen LogP contribution in [0.15, 0.2) is 18.2 Å². The van der Waals surface area contributed by atoms with Crippen LogP contribution in [-0.4, -0.2) is 37.0 Å². The first kappa shape index (κ1) is 12.7. The predicted molar refractivity (Wildman–Crippen MR) is 70.5 cm³/mol. The first-order valence-corrected chi connectivity index (χ1v) is 6.21. The van der Waals surface area contributed by atoms with E-state index in [2.05, 4.69) is 4.90 Å². The number of ether oxygens (including phenoxy) is 1. The van der Waals surface area contributed by atoms with Gasteiger partial charge >= 0.3 is 0 Å². The average Bonchev–Trinajstić information content (AvgIpc) is 2.84. The molecule has 0 unspecified atom stereocenters. The lowest BCUT2D eigenvalue weighted by Crippen LogP contribution is -2.25. The molecule has 0 radical (unpaired) electrons. The van der Waals surface area contributed by atoms with Gasteiger partial charge in [-0.05, 0) is 44.1 Å². The van der Waals surface area contributed by atoms with Crippen molar-refractivity contribution >= 4 is 11.6 Å². The Hall–Kier alpha value is -1.75. The molecule has 18 heavy (non-hydrogen) atoms. The van der Waals surface area contributed by atoms with Crippen molar-refractivity contribution in [2.24, 2.45) is 5.73 Å². The molecule has 0 bridgehead atoms. The summed E-state index contributed by atoms with van der Waals surface area (Å²) in [6.45, 7) is 3.83. The van der Waals surface area contributed by atoms with Crippen LogP contribution in [0, 0.1) is 0 Å². The molecule has 1 heterocycles. The van der Waals surface area contributed by atoms with Crippen LogP contribution < -0.4 is 16.2 Å². The first-order chi connectivity index (χ1) is 8.66. The molecule has 1 saturated heterocycles. The Balaban J connectivity index is 1.88. The molecule has 1 fully saturated rings. The lowest BCUT2D eigenvalue weighted by Gasteiger charge is -2.15. The maximum atomic E-state index is 11.1. The number of amides is 1. The second-order valence-electron chi connectivity index (χ2n) is 4.51. The van der Waals surface area contributed by atoms with Crippen LogP contribution in [0.25, 0.3) is 0 Å². The number of hydrogen-bond donors (Lipinski definition) is 2. The maximum absolute atomic E-state index is 11.1. The first-order valence-electron chi connectivity index (χ1n) is 6.21. The molecule has 0 aromatic heterocycles. The zero-order valence-corrected chi connectivity index (χ0v) is 10.4. The Kier molecular flexibility index (Phi) is 4.04. The standard InChI is InChI=1S/C13H19N3O2/c14-12-4-3-10(9-11(12)13(15)17)18-8-7-16-5-1-2-6-16/h3-4,9H,1-2,5-8,14H2,(H2,15,17). The van der Waals surface area contributed by atoms with Gasteiger partial charge in [0.25, 0.3) is 5.91 Å². The van der Waals surface area contributed by atoms with Crippen molar-refractivity contribution in [3.05, 3.63) is 23.8 Å². The topological polar surface area (TPSA) is 81.6 Å². The van der Waals surface area contributed by atoms with E-state index in [0.717, 1.165) is 19.6 Å². The molecule has 0 atom stereocenters. The van der Waals surface area contributed by atoms with Gasteiger partial charge in [-0.3, -0.25) is 9.69 Å². The van der Waals surface area contributed by atoms with Gasteiger partial charge in [0, 0.05) is 12.2 Å². The van der Waals surface area contributed by atoms with E-state index in [0.29, 0.717) is 23.6 Å². The number of likely N-dealkylation sites (tertiary alicyclic amines) is 1. The molecule has 2 rings (SSSR count). The van der Waals surface area contributed by atoms with E-state index in [1.807, 2.05) is 0 Å². The van der Waals surface area contributed by atoms with Crippen molar-refractivity contribution in [1.82, 2.24) is 4.90 Å². The molecule has 98 valence electrons. The summed E-state index contributed by atoms with van der Waals surface area (Å²) in [6, 6.07) is 5.00. The van der Waals surface area contributed by atoms with Gasteiger partial charge in [-0.25, -0.2) is 0 Å². The third-order valence-corrected chi connectivity index (χ3v) is 3.17. The number of benzene rings is 1. The zero-order valence-electron chi connectivity index (χ0n) is 10.4. The lowest BCUT2D eigenvalue weighted by molar-refractivity contribution is 0.100. The number of nitrogen functional groups attached to an aromatic ring is 1. The third-order valence-electron chi connectivity index (χ3n) is 3.17. The minimum Gasteiger partial charge on any atom is -0.492 e. The second kappa shape index (κ2) is 5.73. The van der Waals surface area contributed by atoms with Crippen molar-refractivity contribution in [1.29, 1.82) is 0 Å². The summed E-state index contributed by atoms with van der Waals surface area (Å²) in [7, 11) is 0. The van der Waals surface area contributed by atoms with E-state index in [1.165, 1.54) is 12.8 Å². The number of hydrogen-bond acceptors (Lipinski definition) is 4. The number of nitrogens with two attached hydrogens (primary N) is 2. The highest BCUT2D eigenvalue weighted by Crippen LogP contribution is 2.19. The minimum atomic E-state index is -0.530. The zero-order chi connectivity index (χ0) is 13.0. The van der Waals surface area contributed by atoms with E-state index in [-0.39, 0.29) is 0 Å². The van der Waals surface area contributed by atoms with Gasteiger partial charge in [-0.2, -0.15) is 0 Å².